The summed E-state index contributed by atoms with van der Waals surface area (Å²) in [5.41, 5.74) is 2.26. The molecule has 6 nitrogen and oxygen atoms in total. The van der Waals surface area contributed by atoms with E-state index in [1.165, 1.54) is 16.4 Å². The molecule has 0 spiro atoms. The fourth-order valence-corrected chi connectivity index (χ4v) is 4.78. The average molecular weight is 471 g/mol. The van der Waals surface area contributed by atoms with Gasteiger partial charge in [-0.3, -0.25) is 9.10 Å². The smallest absolute Gasteiger partial charge is 0.264 e. The lowest BCUT2D eigenvalue weighted by Gasteiger charge is -2.23. The molecule has 1 atom stereocenters. The molecule has 0 aliphatic rings. The highest BCUT2D eigenvalue weighted by Gasteiger charge is 2.23. The first-order chi connectivity index (χ1) is 15.7. The van der Waals surface area contributed by atoms with E-state index in [2.05, 4.69) is 5.32 Å². The first-order valence-electron chi connectivity index (χ1n) is 10.6. The molecule has 1 amide bonds. The Morgan fingerprint density at radius 1 is 1.00 bits per heavy atom. The molecule has 1 N–H and O–H groups in total. The summed E-state index contributed by atoms with van der Waals surface area (Å²) in [7, 11) is -3.70. The molecule has 0 aliphatic carbocycles. The van der Waals surface area contributed by atoms with Gasteiger partial charge in [0.25, 0.3) is 15.9 Å². The van der Waals surface area contributed by atoms with Crippen LogP contribution in [0.3, 0.4) is 0 Å². The summed E-state index contributed by atoms with van der Waals surface area (Å²) < 4.78 is 46.0. The Labute approximate surface area is 194 Å². The molecule has 3 rings (SSSR count). The third-order valence-electron chi connectivity index (χ3n) is 5.14. The molecule has 0 saturated carbocycles. The Morgan fingerprint density at radius 2 is 1.61 bits per heavy atom. The Morgan fingerprint density at radius 3 is 2.18 bits per heavy atom. The second kappa shape index (κ2) is 10.5. The normalized spacial score (nSPS) is 12.1. The number of nitrogens with zero attached hydrogens (tertiary/aromatic N) is 1. The maximum atomic E-state index is 13.0. The van der Waals surface area contributed by atoms with Gasteiger partial charge in [-0.05, 0) is 74.9 Å². The number of benzene rings is 3. The van der Waals surface area contributed by atoms with Crippen LogP contribution in [0.5, 0.6) is 5.75 Å². The van der Waals surface area contributed by atoms with E-state index in [0.717, 1.165) is 11.1 Å². The fourth-order valence-electron chi connectivity index (χ4n) is 3.30. The van der Waals surface area contributed by atoms with E-state index >= 15 is 0 Å². The summed E-state index contributed by atoms with van der Waals surface area (Å²) >= 11 is 0. The zero-order valence-electron chi connectivity index (χ0n) is 18.8. The first kappa shape index (κ1) is 24.3. The van der Waals surface area contributed by atoms with Crippen LogP contribution in [0.15, 0.2) is 77.7 Å². The lowest BCUT2D eigenvalue weighted by molar-refractivity contribution is -0.123. The molecule has 33 heavy (non-hydrogen) atoms. The number of ether oxygens (including phenoxy) is 1. The van der Waals surface area contributed by atoms with E-state index in [1.807, 2.05) is 6.92 Å². The van der Waals surface area contributed by atoms with Gasteiger partial charge in [-0.15, -0.1) is 0 Å². The topological polar surface area (TPSA) is 75.7 Å². The molecule has 3 aromatic rings. The minimum atomic E-state index is -3.70. The SMILES string of the molecule is CCN(c1ccc(OCC(=O)N[C@H](C)c2ccc(F)cc2)cc1)S(=O)(=O)c1ccc(C)cc1. The number of hydrogen-bond acceptors (Lipinski definition) is 4. The van der Waals surface area contributed by atoms with Crippen LogP contribution in [0.1, 0.15) is 31.0 Å². The van der Waals surface area contributed by atoms with Crippen LogP contribution in [-0.2, 0) is 14.8 Å². The molecule has 3 aromatic carbocycles. The summed E-state index contributed by atoms with van der Waals surface area (Å²) in [6.45, 7) is 5.52. The summed E-state index contributed by atoms with van der Waals surface area (Å²) in [5, 5.41) is 2.79. The van der Waals surface area contributed by atoms with E-state index < -0.39 is 10.0 Å². The second-order valence-electron chi connectivity index (χ2n) is 7.61. The maximum Gasteiger partial charge on any atom is 0.264 e. The molecule has 0 radical (unpaired) electrons. The van der Waals surface area contributed by atoms with Crippen molar-refractivity contribution in [2.24, 2.45) is 0 Å². The fraction of sp³-hybridized carbons (Fsp3) is 0.240. The molecular weight excluding hydrogens is 443 g/mol. The third kappa shape index (κ3) is 6.10. The Hall–Kier alpha value is -3.39. The molecule has 0 saturated heterocycles. The van der Waals surface area contributed by atoms with Crippen molar-refractivity contribution in [3.63, 3.8) is 0 Å². The number of rotatable bonds is 9. The number of amides is 1. The zero-order valence-corrected chi connectivity index (χ0v) is 19.6. The molecule has 0 heterocycles. The highest BCUT2D eigenvalue weighted by atomic mass is 32.2. The molecule has 8 heteroatoms. The van der Waals surface area contributed by atoms with Gasteiger partial charge in [-0.2, -0.15) is 0 Å². The predicted molar refractivity (Wildman–Crippen MR) is 126 cm³/mol. The largest absolute Gasteiger partial charge is 0.484 e. The van der Waals surface area contributed by atoms with Gasteiger partial charge in [-0.1, -0.05) is 29.8 Å². The predicted octanol–water partition coefficient (Wildman–Crippen LogP) is 4.61. The number of carbonyl (C=O) groups is 1. The van der Waals surface area contributed by atoms with E-state index in [0.29, 0.717) is 11.4 Å². The number of sulfonamides is 1. The van der Waals surface area contributed by atoms with Crippen molar-refractivity contribution in [2.45, 2.75) is 31.7 Å². The van der Waals surface area contributed by atoms with Crippen LogP contribution >= 0.6 is 0 Å². The second-order valence-corrected chi connectivity index (χ2v) is 9.47. The van der Waals surface area contributed by atoms with Crippen molar-refractivity contribution < 1.29 is 22.3 Å². The summed E-state index contributed by atoms with van der Waals surface area (Å²) in [6.07, 6.45) is 0. The first-order valence-corrected chi connectivity index (χ1v) is 12.0. The monoisotopic (exact) mass is 470 g/mol. The van der Waals surface area contributed by atoms with Crippen LogP contribution in [0.25, 0.3) is 0 Å². The van der Waals surface area contributed by atoms with Gasteiger partial charge in [-0.25, -0.2) is 12.8 Å². The van der Waals surface area contributed by atoms with Crippen molar-refractivity contribution >= 4 is 21.6 Å². The molecule has 174 valence electrons. The zero-order chi connectivity index (χ0) is 24.0. The number of aryl methyl sites for hydroxylation is 1. The van der Waals surface area contributed by atoms with Gasteiger partial charge < -0.3 is 10.1 Å². The van der Waals surface area contributed by atoms with Gasteiger partial charge in [0.2, 0.25) is 0 Å². The van der Waals surface area contributed by atoms with Crippen molar-refractivity contribution in [3.8, 4) is 5.75 Å². The van der Waals surface area contributed by atoms with Crippen LogP contribution < -0.4 is 14.4 Å². The van der Waals surface area contributed by atoms with Gasteiger partial charge in [0.15, 0.2) is 6.61 Å². The summed E-state index contributed by atoms with van der Waals surface area (Å²) in [6, 6.07) is 18.9. The standard InChI is InChI=1S/C25H27FN2O4S/c1-4-28(33(30,31)24-15-5-18(2)6-16-24)22-11-13-23(14-12-22)32-17-25(29)27-19(3)20-7-9-21(26)10-8-20/h5-16,19H,4,17H2,1-3H3,(H,27,29)/t19-/m1/s1. The number of carbonyl (C=O) groups excluding carboxylic acids is 1. The van der Waals surface area contributed by atoms with Crippen molar-refractivity contribution in [1.82, 2.24) is 5.32 Å². The Kier molecular flexibility index (Phi) is 7.71. The number of hydrogen-bond donors (Lipinski definition) is 1. The molecule has 0 bridgehead atoms. The number of halogens is 1. The highest BCUT2D eigenvalue weighted by Crippen LogP contribution is 2.26. The van der Waals surface area contributed by atoms with E-state index in [-0.39, 0.29) is 35.8 Å². The van der Waals surface area contributed by atoms with Crippen LogP contribution in [0, 0.1) is 12.7 Å². The average Bonchev–Trinajstić information content (AvgIpc) is 2.79. The van der Waals surface area contributed by atoms with Gasteiger partial charge in [0.1, 0.15) is 11.6 Å². The van der Waals surface area contributed by atoms with E-state index in [9.17, 15) is 17.6 Å². The Bertz CT molecular complexity index is 1180. The molecule has 0 unspecified atom stereocenters. The third-order valence-corrected chi connectivity index (χ3v) is 7.06. The Balaban J connectivity index is 1.61. The summed E-state index contributed by atoms with van der Waals surface area (Å²) in [4.78, 5) is 12.4. The highest BCUT2D eigenvalue weighted by molar-refractivity contribution is 7.92. The number of anilines is 1. The minimum Gasteiger partial charge on any atom is -0.484 e. The van der Waals surface area contributed by atoms with Crippen LogP contribution in [0.2, 0.25) is 0 Å². The van der Waals surface area contributed by atoms with Gasteiger partial charge in [0.05, 0.1) is 16.6 Å². The quantitative estimate of drug-likeness (QED) is 0.496. The van der Waals surface area contributed by atoms with Crippen LogP contribution in [0.4, 0.5) is 10.1 Å². The van der Waals surface area contributed by atoms with Crippen LogP contribution in [-0.4, -0.2) is 27.5 Å². The van der Waals surface area contributed by atoms with Crippen molar-refractivity contribution in [2.75, 3.05) is 17.5 Å². The van der Waals surface area contributed by atoms with Gasteiger partial charge in [0, 0.05) is 6.54 Å². The molecule has 0 aromatic heterocycles. The van der Waals surface area contributed by atoms with Crippen molar-refractivity contribution in [3.05, 3.63) is 89.7 Å². The van der Waals surface area contributed by atoms with E-state index in [1.54, 1.807) is 74.5 Å². The lowest BCUT2D eigenvalue weighted by Crippen LogP contribution is -2.31. The molecule has 0 aliphatic heterocycles. The van der Waals surface area contributed by atoms with Gasteiger partial charge >= 0.3 is 0 Å². The maximum absolute atomic E-state index is 13.0. The van der Waals surface area contributed by atoms with Crippen molar-refractivity contribution in [1.29, 1.82) is 0 Å². The lowest BCUT2D eigenvalue weighted by atomic mass is 10.1. The minimum absolute atomic E-state index is 0.204. The number of nitrogens with one attached hydrogen (secondary N) is 1. The summed E-state index contributed by atoms with van der Waals surface area (Å²) in [5.74, 6) is -0.225. The molecular formula is C25H27FN2O4S. The van der Waals surface area contributed by atoms with E-state index in [4.69, 9.17) is 4.74 Å². The molecule has 0 fully saturated rings.